The highest BCUT2D eigenvalue weighted by Gasteiger charge is 2.18. The van der Waals surface area contributed by atoms with E-state index >= 15 is 0 Å². The summed E-state index contributed by atoms with van der Waals surface area (Å²) in [5.41, 5.74) is 8.47. The third-order valence-electron chi connectivity index (χ3n) is 2.70. The van der Waals surface area contributed by atoms with E-state index in [-0.39, 0.29) is 5.91 Å². The van der Waals surface area contributed by atoms with E-state index in [2.05, 4.69) is 20.3 Å². The predicted molar refractivity (Wildman–Crippen MR) is 78.8 cm³/mol. The molecule has 0 aliphatic carbocycles. The zero-order valence-corrected chi connectivity index (χ0v) is 11.4. The number of rotatable bonds is 2. The van der Waals surface area contributed by atoms with E-state index in [0.29, 0.717) is 26.6 Å². The average molecular weight is 285 g/mol. The molecule has 6 nitrogen and oxygen atoms in total. The summed E-state index contributed by atoms with van der Waals surface area (Å²) < 4.78 is 0. The summed E-state index contributed by atoms with van der Waals surface area (Å²) in [5, 5.41) is 2.77. The smallest absolute Gasteiger partial charge is 0.268 e. The van der Waals surface area contributed by atoms with Crippen molar-refractivity contribution < 1.29 is 4.79 Å². The predicted octanol–water partition coefficient (Wildman–Crippen LogP) is 2.23. The van der Waals surface area contributed by atoms with Gasteiger partial charge in [-0.2, -0.15) is 0 Å². The van der Waals surface area contributed by atoms with Gasteiger partial charge in [0.1, 0.15) is 15.2 Å². The fraction of sp³-hybridized carbons (Fsp3) is 0.0769. The highest BCUT2D eigenvalue weighted by molar-refractivity contribution is 7.21. The number of nitrogens with zero attached hydrogens (tertiary/aromatic N) is 3. The number of nitrogens with two attached hydrogens (primary N) is 1. The van der Waals surface area contributed by atoms with Gasteiger partial charge >= 0.3 is 0 Å². The SMILES string of the molecule is Cc1cncc(NC(=O)c2sc3nccnc3c2N)c1. The molecule has 0 aliphatic rings. The Morgan fingerprint density at radius 1 is 1.30 bits per heavy atom. The molecule has 0 saturated carbocycles. The molecule has 100 valence electrons. The van der Waals surface area contributed by atoms with Gasteiger partial charge in [-0.05, 0) is 18.6 Å². The molecule has 0 aromatic carbocycles. The minimum absolute atomic E-state index is 0.278. The monoisotopic (exact) mass is 285 g/mol. The number of hydrogen-bond acceptors (Lipinski definition) is 6. The highest BCUT2D eigenvalue weighted by Crippen LogP contribution is 2.30. The Balaban J connectivity index is 1.95. The van der Waals surface area contributed by atoms with Crippen LogP contribution in [-0.2, 0) is 0 Å². The molecule has 0 aliphatic heterocycles. The first-order chi connectivity index (χ1) is 9.65. The summed E-state index contributed by atoms with van der Waals surface area (Å²) in [6.07, 6.45) is 6.43. The van der Waals surface area contributed by atoms with Crippen LogP contribution in [0.1, 0.15) is 15.2 Å². The number of aromatic nitrogens is 3. The largest absolute Gasteiger partial charge is 0.396 e. The fourth-order valence-corrected chi connectivity index (χ4v) is 2.74. The second-order valence-electron chi connectivity index (χ2n) is 4.26. The summed E-state index contributed by atoms with van der Waals surface area (Å²) in [6, 6.07) is 1.84. The van der Waals surface area contributed by atoms with Crippen LogP contribution in [0.4, 0.5) is 11.4 Å². The van der Waals surface area contributed by atoms with E-state index in [0.717, 1.165) is 5.56 Å². The van der Waals surface area contributed by atoms with Gasteiger partial charge in [0.15, 0.2) is 0 Å². The van der Waals surface area contributed by atoms with Gasteiger partial charge in [-0.25, -0.2) is 9.97 Å². The minimum atomic E-state index is -0.278. The second kappa shape index (κ2) is 4.86. The van der Waals surface area contributed by atoms with Crippen LogP contribution in [0.15, 0.2) is 30.9 Å². The molecule has 20 heavy (non-hydrogen) atoms. The van der Waals surface area contributed by atoms with E-state index < -0.39 is 0 Å². The topological polar surface area (TPSA) is 93.8 Å². The first kappa shape index (κ1) is 12.5. The molecule has 3 aromatic rings. The first-order valence-corrected chi connectivity index (χ1v) is 6.69. The lowest BCUT2D eigenvalue weighted by molar-refractivity contribution is 0.103. The Morgan fingerprint density at radius 2 is 2.10 bits per heavy atom. The van der Waals surface area contributed by atoms with Crippen molar-refractivity contribution >= 4 is 39.0 Å². The third-order valence-corrected chi connectivity index (χ3v) is 3.80. The van der Waals surface area contributed by atoms with Crippen LogP contribution in [0.5, 0.6) is 0 Å². The molecular weight excluding hydrogens is 274 g/mol. The van der Waals surface area contributed by atoms with Gasteiger partial charge in [0, 0.05) is 18.6 Å². The van der Waals surface area contributed by atoms with E-state index in [9.17, 15) is 4.79 Å². The van der Waals surface area contributed by atoms with Gasteiger partial charge in [-0.1, -0.05) is 0 Å². The number of anilines is 2. The number of pyridine rings is 1. The highest BCUT2D eigenvalue weighted by atomic mass is 32.1. The van der Waals surface area contributed by atoms with Crippen LogP contribution in [0.2, 0.25) is 0 Å². The molecule has 3 N–H and O–H groups in total. The molecule has 7 heteroatoms. The van der Waals surface area contributed by atoms with Crippen molar-refractivity contribution in [3.05, 3.63) is 41.3 Å². The number of nitrogen functional groups attached to an aromatic ring is 1. The molecule has 0 fully saturated rings. The second-order valence-corrected chi connectivity index (χ2v) is 5.26. The Hall–Kier alpha value is -2.54. The number of carbonyl (C=O) groups excluding carboxylic acids is 1. The zero-order chi connectivity index (χ0) is 14.1. The normalized spacial score (nSPS) is 10.7. The maximum absolute atomic E-state index is 12.3. The zero-order valence-electron chi connectivity index (χ0n) is 10.6. The number of nitrogens with one attached hydrogen (secondary N) is 1. The van der Waals surface area contributed by atoms with Crippen molar-refractivity contribution in [3.8, 4) is 0 Å². The quantitative estimate of drug-likeness (QED) is 0.753. The molecule has 0 spiro atoms. The van der Waals surface area contributed by atoms with Gasteiger partial charge in [-0.3, -0.25) is 9.78 Å². The minimum Gasteiger partial charge on any atom is -0.396 e. The lowest BCUT2D eigenvalue weighted by atomic mass is 10.3. The maximum Gasteiger partial charge on any atom is 0.268 e. The van der Waals surface area contributed by atoms with Crippen LogP contribution in [0, 0.1) is 6.92 Å². The van der Waals surface area contributed by atoms with Crippen molar-refractivity contribution in [3.63, 3.8) is 0 Å². The van der Waals surface area contributed by atoms with Gasteiger partial charge in [0.25, 0.3) is 5.91 Å². The Kier molecular flexibility index (Phi) is 3.03. The summed E-state index contributed by atoms with van der Waals surface area (Å²) in [4.78, 5) is 25.6. The third kappa shape index (κ3) is 2.19. The van der Waals surface area contributed by atoms with E-state index in [1.807, 2.05) is 13.0 Å². The lowest BCUT2D eigenvalue weighted by Crippen LogP contribution is -2.12. The van der Waals surface area contributed by atoms with Crippen molar-refractivity contribution in [2.75, 3.05) is 11.1 Å². The van der Waals surface area contributed by atoms with Crippen LogP contribution < -0.4 is 11.1 Å². The summed E-state index contributed by atoms with van der Waals surface area (Å²) in [6.45, 7) is 1.91. The molecule has 0 saturated heterocycles. The van der Waals surface area contributed by atoms with Gasteiger partial charge < -0.3 is 11.1 Å². The molecule has 0 radical (unpaired) electrons. The van der Waals surface area contributed by atoms with Crippen LogP contribution in [-0.4, -0.2) is 20.9 Å². The maximum atomic E-state index is 12.3. The van der Waals surface area contributed by atoms with Crippen LogP contribution in [0.25, 0.3) is 10.3 Å². The Bertz CT molecular complexity index is 798. The molecule has 0 unspecified atom stereocenters. The number of amides is 1. The van der Waals surface area contributed by atoms with E-state index in [4.69, 9.17) is 5.73 Å². The summed E-state index contributed by atoms with van der Waals surface area (Å²) in [5.74, 6) is -0.278. The van der Waals surface area contributed by atoms with Gasteiger partial charge in [-0.15, -0.1) is 11.3 Å². The Labute approximate surface area is 118 Å². The number of thiophene rings is 1. The standard InChI is InChI=1S/C13H11N5OS/c1-7-4-8(6-15-5-7)18-12(19)11-9(14)10-13(20-11)17-3-2-16-10/h2-6H,14H2,1H3,(H,18,19). The fourth-order valence-electron chi connectivity index (χ4n) is 1.82. The summed E-state index contributed by atoms with van der Waals surface area (Å²) >= 11 is 1.22. The molecule has 3 rings (SSSR count). The number of fused-ring (bicyclic) bond motifs is 1. The van der Waals surface area contributed by atoms with Gasteiger partial charge in [0.05, 0.1) is 17.6 Å². The van der Waals surface area contributed by atoms with E-state index in [1.54, 1.807) is 24.8 Å². The lowest BCUT2D eigenvalue weighted by Gasteiger charge is -2.04. The molecule has 3 heterocycles. The van der Waals surface area contributed by atoms with E-state index in [1.165, 1.54) is 11.3 Å². The molecule has 1 amide bonds. The van der Waals surface area contributed by atoms with Crippen molar-refractivity contribution in [1.82, 2.24) is 15.0 Å². The van der Waals surface area contributed by atoms with Crippen LogP contribution in [0.3, 0.4) is 0 Å². The first-order valence-electron chi connectivity index (χ1n) is 5.87. The molecular formula is C13H11N5OS. The van der Waals surface area contributed by atoms with Crippen molar-refractivity contribution in [2.24, 2.45) is 0 Å². The van der Waals surface area contributed by atoms with Gasteiger partial charge in [0.2, 0.25) is 0 Å². The molecule has 0 atom stereocenters. The number of hydrogen-bond donors (Lipinski definition) is 2. The Morgan fingerprint density at radius 3 is 2.85 bits per heavy atom. The number of aryl methyl sites for hydroxylation is 1. The average Bonchev–Trinajstić information content (AvgIpc) is 2.77. The molecule has 0 bridgehead atoms. The van der Waals surface area contributed by atoms with Crippen LogP contribution >= 0.6 is 11.3 Å². The molecule has 3 aromatic heterocycles. The van der Waals surface area contributed by atoms with Crippen molar-refractivity contribution in [1.29, 1.82) is 0 Å². The van der Waals surface area contributed by atoms with Crippen molar-refractivity contribution in [2.45, 2.75) is 6.92 Å². The summed E-state index contributed by atoms with van der Waals surface area (Å²) in [7, 11) is 0. The number of carbonyl (C=O) groups is 1.